The molecule has 1 heterocycles. The summed E-state index contributed by atoms with van der Waals surface area (Å²) in [6.45, 7) is 1.99. The van der Waals surface area contributed by atoms with Crippen molar-refractivity contribution in [3.63, 3.8) is 0 Å². The fraction of sp³-hybridized carbons (Fsp3) is 0.182. The fourth-order valence-electron chi connectivity index (χ4n) is 1.11. The minimum atomic E-state index is 0.451. The maximum atomic E-state index is 5.39. The normalized spacial score (nSPS) is 9.50. The van der Waals surface area contributed by atoms with Crippen LogP contribution in [0.3, 0.4) is 0 Å². The summed E-state index contributed by atoms with van der Waals surface area (Å²) in [5.41, 5.74) is 1.61. The summed E-state index contributed by atoms with van der Waals surface area (Å²) in [4.78, 5) is 4.20. The van der Waals surface area contributed by atoms with Crippen molar-refractivity contribution in [3.8, 4) is 12.0 Å². The summed E-state index contributed by atoms with van der Waals surface area (Å²) in [6, 6.07) is 10.8. The average Bonchev–Trinajstić information content (AvgIpc) is 2.60. The first-order chi connectivity index (χ1) is 6.90. The summed E-state index contributed by atoms with van der Waals surface area (Å²) >= 11 is 0. The molecule has 3 nitrogen and oxygen atoms in total. The first-order valence-corrected chi connectivity index (χ1v) is 4.49. The van der Waals surface area contributed by atoms with Crippen molar-refractivity contribution in [1.29, 1.82) is 0 Å². The number of anilines is 1. The quantitative estimate of drug-likeness (QED) is 0.549. The fourth-order valence-corrected chi connectivity index (χ4v) is 1.11. The van der Waals surface area contributed by atoms with Crippen LogP contribution in [0.25, 0.3) is 11.1 Å². The van der Waals surface area contributed by atoms with Gasteiger partial charge < -0.3 is 4.42 Å². The van der Waals surface area contributed by atoms with Crippen molar-refractivity contribution in [1.82, 2.24) is 4.98 Å². The molecule has 1 aromatic carbocycles. The number of aromatic nitrogens is 1. The van der Waals surface area contributed by atoms with Gasteiger partial charge in [0.2, 0.25) is 0 Å². The molecular formula is C11H10N2O. The predicted octanol–water partition coefficient (Wildman–Crippen LogP) is 2.61. The van der Waals surface area contributed by atoms with Gasteiger partial charge in [0, 0.05) is 12.5 Å². The van der Waals surface area contributed by atoms with Crippen molar-refractivity contribution in [2.24, 2.45) is 0 Å². The largest absolute Gasteiger partial charge is 0.423 e. The lowest BCUT2D eigenvalue weighted by Gasteiger charge is -1.85. The smallest absolute Gasteiger partial charge is 0.307 e. The Morgan fingerprint density at radius 3 is 3.07 bits per heavy atom. The molecule has 0 aliphatic rings. The molecule has 1 aromatic heterocycles. The Kier molecular flexibility index (Phi) is 2.37. The van der Waals surface area contributed by atoms with Gasteiger partial charge in [0.25, 0.3) is 0 Å². The van der Waals surface area contributed by atoms with E-state index in [0.29, 0.717) is 6.01 Å². The van der Waals surface area contributed by atoms with Crippen LogP contribution in [0, 0.1) is 12.0 Å². The lowest BCUT2D eigenvalue weighted by Crippen LogP contribution is -1.86. The van der Waals surface area contributed by atoms with Crippen LogP contribution in [-0.4, -0.2) is 4.98 Å². The van der Waals surface area contributed by atoms with Crippen molar-refractivity contribution in [3.05, 3.63) is 24.3 Å². The van der Waals surface area contributed by atoms with Crippen molar-refractivity contribution >= 4 is 17.1 Å². The van der Waals surface area contributed by atoms with Crippen LogP contribution in [0.5, 0.6) is 0 Å². The highest BCUT2D eigenvalue weighted by Crippen LogP contribution is 2.17. The van der Waals surface area contributed by atoms with Gasteiger partial charge in [-0.25, -0.2) is 0 Å². The Morgan fingerprint density at radius 2 is 2.29 bits per heavy atom. The molecule has 0 aliphatic heterocycles. The Balaban J connectivity index is 2.27. The van der Waals surface area contributed by atoms with Crippen LogP contribution in [0.2, 0.25) is 0 Å². The van der Waals surface area contributed by atoms with E-state index in [4.69, 9.17) is 4.42 Å². The zero-order chi connectivity index (χ0) is 9.80. The van der Waals surface area contributed by atoms with Crippen LogP contribution < -0.4 is 5.32 Å². The number of hydrogen-bond donors (Lipinski definition) is 1. The first-order valence-electron chi connectivity index (χ1n) is 4.49. The number of rotatable bonds is 1. The Hall–Kier alpha value is -1.95. The topological polar surface area (TPSA) is 38.1 Å². The van der Waals surface area contributed by atoms with E-state index in [1.807, 2.05) is 31.2 Å². The maximum Gasteiger partial charge on any atom is 0.307 e. The third-order valence-corrected chi connectivity index (χ3v) is 1.73. The SMILES string of the molecule is CCC#CNc1nc2ccccc2o1. The molecule has 3 heteroatoms. The van der Waals surface area contributed by atoms with E-state index in [2.05, 4.69) is 22.3 Å². The molecule has 2 rings (SSSR count). The van der Waals surface area contributed by atoms with Gasteiger partial charge in [-0.1, -0.05) is 25.0 Å². The second-order valence-electron chi connectivity index (χ2n) is 2.77. The molecular weight excluding hydrogens is 176 g/mol. The van der Waals surface area contributed by atoms with Gasteiger partial charge >= 0.3 is 6.01 Å². The van der Waals surface area contributed by atoms with Gasteiger partial charge in [0.1, 0.15) is 5.52 Å². The number of nitrogens with one attached hydrogen (secondary N) is 1. The predicted molar refractivity (Wildman–Crippen MR) is 55.7 cm³/mol. The highest BCUT2D eigenvalue weighted by Gasteiger charge is 2.01. The molecule has 0 atom stereocenters. The van der Waals surface area contributed by atoms with Crippen LogP contribution >= 0.6 is 0 Å². The third kappa shape index (κ3) is 1.69. The summed E-state index contributed by atoms with van der Waals surface area (Å²) in [5, 5.41) is 2.80. The second kappa shape index (κ2) is 3.84. The van der Waals surface area contributed by atoms with E-state index in [9.17, 15) is 0 Å². The molecule has 0 radical (unpaired) electrons. The van der Waals surface area contributed by atoms with Crippen molar-refractivity contribution in [2.75, 3.05) is 5.32 Å². The molecule has 0 saturated carbocycles. The van der Waals surface area contributed by atoms with Gasteiger partial charge in [-0.15, -0.1) is 0 Å². The highest BCUT2D eigenvalue weighted by atomic mass is 16.4. The minimum Gasteiger partial charge on any atom is -0.423 e. The molecule has 0 aliphatic carbocycles. The maximum absolute atomic E-state index is 5.39. The molecule has 0 bridgehead atoms. The van der Waals surface area contributed by atoms with Crippen LogP contribution in [0.4, 0.5) is 6.01 Å². The Morgan fingerprint density at radius 1 is 1.43 bits per heavy atom. The molecule has 14 heavy (non-hydrogen) atoms. The van der Waals surface area contributed by atoms with E-state index in [-0.39, 0.29) is 0 Å². The van der Waals surface area contributed by atoms with Gasteiger partial charge in [-0.2, -0.15) is 4.98 Å². The zero-order valence-corrected chi connectivity index (χ0v) is 7.87. The molecule has 1 N–H and O–H groups in total. The number of hydrogen-bond acceptors (Lipinski definition) is 3. The van der Waals surface area contributed by atoms with E-state index < -0.39 is 0 Å². The van der Waals surface area contributed by atoms with Gasteiger partial charge in [0.15, 0.2) is 5.58 Å². The molecule has 0 amide bonds. The average molecular weight is 186 g/mol. The van der Waals surface area contributed by atoms with E-state index in [0.717, 1.165) is 17.5 Å². The summed E-state index contributed by atoms with van der Waals surface area (Å²) in [5.74, 6) is 2.88. The molecule has 0 unspecified atom stereocenters. The number of fused-ring (bicyclic) bond motifs is 1. The molecule has 0 fully saturated rings. The van der Waals surface area contributed by atoms with E-state index >= 15 is 0 Å². The second-order valence-corrected chi connectivity index (χ2v) is 2.77. The van der Waals surface area contributed by atoms with Gasteiger partial charge in [-0.05, 0) is 12.1 Å². The number of nitrogens with zero attached hydrogens (tertiary/aromatic N) is 1. The zero-order valence-electron chi connectivity index (χ0n) is 7.87. The highest BCUT2D eigenvalue weighted by molar-refractivity contribution is 5.74. The number of oxazole rings is 1. The van der Waals surface area contributed by atoms with Gasteiger partial charge in [-0.3, -0.25) is 5.32 Å². The van der Waals surface area contributed by atoms with E-state index in [1.165, 1.54) is 0 Å². The van der Waals surface area contributed by atoms with E-state index in [1.54, 1.807) is 0 Å². The summed E-state index contributed by atoms with van der Waals surface area (Å²) in [7, 11) is 0. The van der Waals surface area contributed by atoms with Crippen LogP contribution in [-0.2, 0) is 0 Å². The monoisotopic (exact) mass is 186 g/mol. The van der Waals surface area contributed by atoms with Crippen molar-refractivity contribution < 1.29 is 4.42 Å². The minimum absolute atomic E-state index is 0.451. The molecule has 0 saturated heterocycles. The van der Waals surface area contributed by atoms with Crippen molar-refractivity contribution in [2.45, 2.75) is 13.3 Å². The van der Waals surface area contributed by atoms with Crippen LogP contribution in [0.15, 0.2) is 28.7 Å². The number of benzene rings is 1. The van der Waals surface area contributed by atoms with Gasteiger partial charge in [0.05, 0.1) is 0 Å². The molecule has 0 spiro atoms. The summed E-state index contributed by atoms with van der Waals surface area (Å²) in [6.07, 6.45) is 0.813. The standard InChI is InChI=1S/C11H10N2O/c1-2-3-8-12-11-13-9-6-4-5-7-10(9)14-11/h4-7H,2H2,1H3,(H,12,13). The number of para-hydroxylation sites is 2. The third-order valence-electron chi connectivity index (χ3n) is 1.73. The summed E-state index contributed by atoms with van der Waals surface area (Å²) < 4.78 is 5.39. The Labute approximate surface area is 82.1 Å². The lowest BCUT2D eigenvalue weighted by molar-refractivity contribution is 0.623. The van der Waals surface area contributed by atoms with Crippen LogP contribution in [0.1, 0.15) is 13.3 Å². The first kappa shape index (κ1) is 8.64. The Bertz CT molecular complexity index is 457. The molecule has 70 valence electrons. The lowest BCUT2D eigenvalue weighted by atomic mass is 10.3. The molecule has 2 aromatic rings.